The predicted octanol–water partition coefficient (Wildman–Crippen LogP) is 3.61. The molecule has 1 aromatic carbocycles. The van der Waals surface area contributed by atoms with Crippen molar-refractivity contribution in [2.24, 2.45) is 0 Å². The molecule has 2 atom stereocenters. The van der Waals surface area contributed by atoms with E-state index in [0.29, 0.717) is 12.1 Å². The zero-order valence-electron chi connectivity index (χ0n) is 13.8. The number of benzene rings is 1. The third kappa shape index (κ3) is 3.98. The first-order chi connectivity index (χ1) is 10.3. The number of fused-ring (bicyclic) bond motifs is 1. The number of hydrogen-bond donors (Lipinski definition) is 1. The number of nitrogens with zero attached hydrogens (tertiary/aromatic N) is 1. The minimum atomic E-state index is 0.382. The van der Waals surface area contributed by atoms with E-state index < -0.39 is 0 Å². The molecular weight excluding hydrogens is 260 g/mol. The van der Waals surface area contributed by atoms with Gasteiger partial charge < -0.3 is 10.1 Å². The van der Waals surface area contributed by atoms with Gasteiger partial charge in [-0.1, -0.05) is 39.0 Å². The topological polar surface area (TPSA) is 24.5 Å². The van der Waals surface area contributed by atoms with Gasteiger partial charge >= 0.3 is 0 Å². The molecule has 0 radical (unpaired) electrons. The normalized spacial score (nSPS) is 21.1. The Morgan fingerprint density at radius 2 is 1.81 bits per heavy atom. The molecule has 2 unspecified atom stereocenters. The summed E-state index contributed by atoms with van der Waals surface area (Å²) in [6.07, 6.45) is 3.55. The Hall–Kier alpha value is -1.06. The highest BCUT2D eigenvalue weighted by Crippen LogP contribution is 2.34. The van der Waals surface area contributed by atoms with E-state index in [9.17, 15) is 0 Å². The minimum Gasteiger partial charge on any atom is -0.492 e. The van der Waals surface area contributed by atoms with E-state index in [-0.39, 0.29) is 0 Å². The zero-order valence-corrected chi connectivity index (χ0v) is 13.8. The van der Waals surface area contributed by atoms with Crippen molar-refractivity contribution in [3.63, 3.8) is 0 Å². The lowest BCUT2D eigenvalue weighted by molar-refractivity contribution is 0.0853. The van der Waals surface area contributed by atoms with Gasteiger partial charge in [0.05, 0.1) is 12.1 Å². The molecule has 1 aliphatic rings. The maximum atomic E-state index is 6.04. The Morgan fingerprint density at radius 3 is 2.48 bits per heavy atom. The molecule has 0 fully saturated rings. The molecule has 0 aromatic heterocycles. The van der Waals surface area contributed by atoms with Crippen molar-refractivity contribution in [1.82, 2.24) is 10.2 Å². The van der Waals surface area contributed by atoms with Crippen LogP contribution in [-0.2, 0) is 0 Å². The van der Waals surface area contributed by atoms with E-state index in [4.69, 9.17) is 4.74 Å². The molecule has 0 bridgehead atoms. The van der Waals surface area contributed by atoms with Crippen molar-refractivity contribution in [2.75, 3.05) is 26.2 Å². The van der Waals surface area contributed by atoms with Gasteiger partial charge in [-0.15, -0.1) is 0 Å². The Labute approximate surface area is 129 Å². The first-order valence-electron chi connectivity index (χ1n) is 8.50. The second-order valence-electron chi connectivity index (χ2n) is 5.88. The summed E-state index contributed by atoms with van der Waals surface area (Å²) in [5.41, 5.74) is 1.32. The maximum absolute atomic E-state index is 6.04. The molecule has 3 nitrogen and oxygen atoms in total. The van der Waals surface area contributed by atoms with Crippen LogP contribution >= 0.6 is 0 Å². The molecule has 1 aromatic rings. The number of ether oxygens (including phenoxy) is 1. The Bertz CT molecular complexity index is 415. The third-order valence-corrected chi connectivity index (χ3v) is 4.15. The number of rotatable bonds is 8. The van der Waals surface area contributed by atoms with Crippen LogP contribution in [0.1, 0.15) is 51.6 Å². The van der Waals surface area contributed by atoms with Crippen LogP contribution in [-0.4, -0.2) is 37.2 Å². The second-order valence-corrected chi connectivity index (χ2v) is 5.88. The van der Waals surface area contributed by atoms with Crippen LogP contribution < -0.4 is 10.1 Å². The molecule has 1 heterocycles. The zero-order chi connectivity index (χ0) is 15.1. The lowest BCUT2D eigenvalue weighted by Crippen LogP contribution is -2.51. The summed E-state index contributed by atoms with van der Waals surface area (Å²) < 4.78 is 6.04. The van der Waals surface area contributed by atoms with Crippen molar-refractivity contribution in [3.8, 4) is 5.75 Å². The van der Waals surface area contributed by atoms with Crippen LogP contribution in [0.2, 0.25) is 0 Å². The van der Waals surface area contributed by atoms with Gasteiger partial charge in [0.15, 0.2) is 0 Å². The Morgan fingerprint density at radius 1 is 1.10 bits per heavy atom. The Balaban J connectivity index is 2.22. The molecule has 1 N–H and O–H groups in total. The second kappa shape index (κ2) is 8.40. The SMILES string of the molecule is CCCNC1c2ccccc2OCC1N(CCC)CCC. The molecule has 118 valence electrons. The van der Waals surface area contributed by atoms with E-state index >= 15 is 0 Å². The predicted molar refractivity (Wildman–Crippen MR) is 88.9 cm³/mol. The summed E-state index contributed by atoms with van der Waals surface area (Å²) in [5.74, 6) is 1.05. The quantitative estimate of drug-likeness (QED) is 0.791. The van der Waals surface area contributed by atoms with Gasteiger partial charge in [0.25, 0.3) is 0 Å². The average molecular weight is 290 g/mol. The van der Waals surface area contributed by atoms with Crippen molar-refractivity contribution >= 4 is 0 Å². The van der Waals surface area contributed by atoms with Gasteiger partial charge in [-0.05, 0) is 45.0 Å². The molecule has 0 saturated carbocycles. The minimum absolute atomic E-state index is 0.382. The van der Waals surface area contributed by atoms with Crippen LogP contribution in [0.25, 0.3) is 0 Å². The largest absolute Gasteiger partial charge is 0.492 e. The van der Waals surface area contributed by atoms with Gasteiger partial charge in [-0.25, -0.2) is 0 Å². The van der Waals surface area contributed by atoms with Crippen LogP contribution in [0.4, 0.5) is 0 Å². The van der Waals surface area contributed by atoms with Crippen molar-refractivity contribution in [1.29, 1.82) is 0 Å². The smallest absolute Gasteiger partial charge is 0.124 e. The van der Waals surface area contributed by atoms with Crippen LogP contribution in [0.5, 0.6) is 5.75 Å². The summed E-state index contributed by atoms with van der Waals surface area (Å²) in [6, 6.07) is 9.31. The molecule has 0 saturated heterocycles. The maximum Gasteiger partial charge on any atom is 0.124 e. The van der Waals surface area contributed by atoms with Gasteiger partial charge in [0.2, 0.25) is 0 Å². The van der Waals surface area contributed by atoms with E-state index in [0.717, 1.165) is 38.4 Å². The number of nitrogens with one attached hydrogen (secondary N) is 1. The number of para-hydroxylation sites is 1. The molecule has 0 aliphatic carbocycles. The Kier molecular flexibility index (Phi) is 6.52. The highest BCUT2D eigenvalue weighted by Gasteiger charge is 2.33. The van der Waals surface area contributed by atoms with Gasteiger partial charge in [0, 0.05) is 5.56 Å². The van der Waals surface area contributed by atoms with Gasteiger partial charge in [0.1, 0.15) is 12.4 Å². The van der Waals surface area contributed by atoms with E-state index in [1.165, 1.54) is 18.4 Å². The van der Waals surface area contributed by atoms with Crippen LogP contribution in [0, 0.1) is 0 Å². The fourth-order valence-corrected chi connectivity index (χ4v) is 3.23. The highest BCUT2D eigenvalue weighted by molar-refractivity contribution is 5.38. The van der Waals surface area contributed by atoms with Gasteiger partial charge in [-0.2, -0.15) is 0 Å². The van der Waals surface area contributed by atoms with E-state index in [1.54, 1.807) is 0 Å². The van der Waals surface area contributed by atoms with Gasteiger partial charge in [-0.3, -0.25) is 4.90 Å². The lowest BCUT2D eigenvalue weighted by Gasteiger charge is -2.41. The fourth-order valence-electron chi connectivity index (χ4n) is 3.23. The number of hydrogen-bond acceptors (Lipinski definition) is 3. The molecule has 1 aliphatic heterocycles. The lowest BCUT2D eigenvalue weighted by atomic mass is 9.94. The van der Waals surface area contributed by atoms with Crippen molar-refractivity contribution < 1.29 is 4.74 Å². The standard InChI is InChI=1S/C18H30N2O/c1-4-11-19-18-15-9-7-8-10-17(15)21-14-16(18)20(12-5-2)13-6-3/h7-10,16,18-19H,4-6,11-14H2,1-3H3. The summed E-state index contributed by atoms with van der Waals surface area (Å²) in [4.78, 5) is 2.60. The van der Waals surface area contributed by atoms with Crippen molar-refractivity contribution in [2.45, 2.75) is 52.1 Å². The third-order valence-electron chi connectivity index (χ3n) is 4.15. The van der Waals surface area contributed by atoms with Crippen molar-refractivity contribution in [3.05, 3.63) is 29.8 Å². The first-order valence-corrected chi connectivity index (χ1v) is 8.50. The monoisotopic (exact) mass is 290 g/mol. The molecular formula is C18H30N2O. The molecule has 2 rings (SSSR count). The molecule has 21 heavy (non-hydrogen) atoms. The summed E-state index contributed by atoms with van der Waals surface area (Å²) in [6.45, 7) is 10.9. The fraction of sp³-hybridized carbons (Fsp3) is 0.667. The highest BCUT2D eigenvalue weighted by atomic mass is 16.5. The van der Waals surface area contributed by atoms with Crippen LogP contribution in [0.3, 0.4) is 0 Å². The molecule has 0 spiro atoms. The van der Waals surface area contributed by atoms with E-state index in [2.05, 4.69) is 55.3 Å². The molecule has 3 heteroatoms. The van der Waals surface area contributed by atoms with Crippen LogP contribution in [0.15, 0.2) is 24.3 Å². The summed E-state index contributed by atoms with van der Waals surface area (Å²) in [5, 5.41) is 3.75. The summed E-state index contributed by atoms with van der Waals surface area (Å²) >= 11 is 0. The summed E-state index contributed by atoms with van der Waals surface area (Å²) in [7, 11) is 0. The first kappa shape index (κ1) is 16.3. The average Bonchev–Trinajstić information content (AvgIpc) is 2.52. The molecule has 0 amide bonds. The van der Waals surface area contributed by atoms with E-state index in [1.807, 2.05) is 0 Å².